The zero-order valence-corrected chi connectivity index (χ0v) is 12.6. The maximum atomic E-state index is 6.11. The van der Waals surface area contributed by atoms with E-state index in [0.717, 1.165) is 11.2 Å². The number of hydrogen-bond acceptors (Lipinski definition) is 2. The third-order valence-corrected chi connectivity index (χ3v) is 5.28. The molecule has 0 saturated carbocycles. The van der Waals surface area contributed by atoms with Gasteiger partial charge in [-0.15, -0.1) is 11.3 Å². The lowest BCUT2D eigenvalue weighted by molar-refractivity contribution is 0.673. The average Bonchev–Trinajstić information content (AvgIpc) is 3.11. The maximum absolute atomic E-state index is 6.11. The lowest BCUT2D eigenvalue weighted by Crippen LogP contribution is -1.75. The van der Waals surface area contributed by atoms with Gasteiger partial charge in [0.05, 0.1) is 4.70 Å². The molecular formula is C20H12OS. The first-order chi connectivity index (χ1) is 10.9. The minimum atomic E-state index is 0.965. The Labute approximate surface area is 131 Å². The van der Waals surface area contributed by atoms with Crippen LogP contribution < -0.4 is 0 Å². The molecule has 0 spiro atoms. The molecule has 22 heavy (non-hydrogen) atoms. The molecule has 0 fully saturated rings. The molecule has 104 valence electrons. The van der Waals surface area contributed by atoms with Crippen molar-refractivity contribution in [3.05, 3.63) is 72.8 Å². The second kappa shape index (κ2) is 4.46. The molecule has 2 heterocycles. The summed E-state index contributed by atoms with van der Waals surface area (Å²) in [6.07, 6.45) is 0. The summed E-state index contributed by atoms with van der Waals surface area (Å²) in [6.45, 7) is 0. The predicted molar refractivity (Wildman–Crippen MR) is 94.5 cm³/mol. The highest BCUT2D eigenvalue weighted by Crippen LogP contribution is 2.41. The minimum Gasteiger partial charge on any atom is -0.454 e. The standard InChI is InChI=1S/C20H12OS/c1-2-6-13(7-3-1)14-10-11-17-16(12-14)20-19(21-17)15-8-4-5-9-18(15)22-20/h1-12H. The SMILES string of the molecule is c1ccc(-c2ccc3oc4c5ccccc5sc4c3c2)cc1. The van der Waals surface area contributed by atoms with Crippen LogP contribution in [-0.2, 0) is 0 Å². The van der Waals surface area contributed by atoms with Gasteiger partial charge in [-0.2, -0.15) is 0 Å². The summed E-state index contributed by atoms with van der Waals surface area (Å²) < 4.78 is 8.63. The maximum Gasteiger partial charge on any atom is 0.154 e. The summed E-state index contributed by atoms with van der Waals surface area (Å²) in [5.74, 6) is 0. The molecule has 5 aromatic rings. The molecular weight excluding hydrogens is 288 g/mol. The summed E-state index contributed by atoms with van der Waals surface area (Å²) in [4.78, 5) is 0. The number of fused-ring (bicyclic) bond motifs is 5. The Kier molecular flexibility index (Phi) is 2.43. The molecule has 0 saturated heterocycles. The van der Waals surface area contributed by atoms with E-state index in [-0.39, 0.29) is 0 Å². The van der Waals surface area contributed by atoms with Crippen LogP contribution in [0.5, 0.6) is 0 Å². The van der Waals surface area contributed by atoms with Gasteiger partial charge in [0.15, 0.2) is 5.58 Å². The van der Waals surface area contributed by atoms with Crippen molar-refractivity contribution in [2.75, 3.05) is 0 Å². The molecule has 0 N–H and O–H groups in total. The molecule has 2 aromatic heterocycles. The van der Waals surface area contributed by atoms with Gasteiger partial charge in [0.2, 0.25) is 0 Å². The molecule has 0 radical (unpaired) electrons. The van der Waals surface area contributed by atoms with E-state index in [1.807, 2.05) is 17.4 Å². The number of thiophene rings is 1. The zero-order chi connectivity index (χ0) is 14.5. The van der Waals surface area contributed by atoms with Gasteiger partial charge >= 0.3 is 0 Å². The Bertz CT molecular complexity index is 1120. The largest absolute Gasteiger partial charge is 0.454 e. The Morgan fingerprint density at radius 1 is 0.682 bits per heavy atom. The van der Waals surface area contributed by atoms with Crippen LogP contribution in [0.3, 0.4) is 0 Å². The van der Waals surface area contributed by atoms with E-state index in [1.54, 1.807) is 0 Å². The lowest BCUT2D eigenvalue weighted by Gasteiger charge is -2.00. The van der Waals surface area contributed by atoms with Crippen LogP contribution in [-0.4, -0.2) is 0 Å². The van der Waals surface area contributed by atoms with Gasteiger partial charge in [0, 0.05) is 15.5 Å². The smallest absolute Gasteiger partial charge is 0.154 e. The van der Waals surface area contributed by atoms with Crippen LogP contribution in [0.2, 0.25) is 0 Å². The van der Waals surface area contributed by atoms with Crippen LogP contribution in [0.4, 0.5) is 0 Å². The van der Waals surface area contributed by atoms with Crippen molar-refractivity contribution in [1.29, 1.82) is 0 Å². The predicted octanol–water partition coefficient (Wildman–Crippen LogP) is 6.47. The van der Waals surface area contributed by atoms with E-state index < -0.39 is 0 Å². The van der Waals surface area contributed by atoms with Crippen molar-refractivity contribution < 1.29 is 4.42 Å². The van der Waals surface area contributed by atoms with Gasteiger partial charge in [0.25, 0.3) is 0 Å². The van der Waals surface area contributed by atoms with Crippen molar-refractivity contribution in [3.8, 4) is 11.1 Å². The molecule has 0 aliphatic carbocycles. The van der Waals surface area contributed by atoms with E-state index in [4.69, 9.17) is 4.42 Å². The van der Waals surface area contributed by atoms with Gasteiger partial charge in [-0.05, 0) is 35.4 Å². The fourth-order valence-corrected chi connectivity index (χ4v) is 4.17. The Balaban J connectivity index is 1.85. The molecule has 0 bridgehead atoms. The van der Waals surface area contributed by atoms with Gasteiger partial charge in [-0.1, -0.05) is 48.5 Å². The van der Waals surface area contributed by atoms with Crippen molar-refractivity contribution >= 4 is 42.7 Å². The van der Waals surface area contributed by atoms with Crippen LogP contribution in [0, 0.1) is 0 Å². The molecule has 0 aliphatic heterocycles. The highest BCUT2D eigenvalue weighted by Gasteiger charge is 2.13. The Morgan fingerprint density at radius 3 is 2.41 bits per heavy atom. The second-order valence-corrected chi connectivity index (χ2v) is 6.49. The topological polar surface area (TPSA) is 13.1 Å². The van der Waals surface area contributed by atoms with E-state index in [0.29, 0.717) is 0 Å². The lowest BCUT2D eigenvalue weighted by atomic mass is 10.0. The van der Waals surface area contributed by atoms with E-state index in [1.165, 1.54) is 31.3 Å². The number of rotatable bonds is 1. The average molecular weight is 300 g/mol. The number of furan rings is 1. The van der Waals surface area contributed by atoms with Gasteiger partial charge in [-0.3, -0.25) is 0 Å². The third-order valence-electron chi connectivity index (χ3n) is 4.09. The summed E-state index contributed by atoms with van der Waals surface area (Å²) in [5.41, 5.74) is 4.45. The first kappa shape index (κ1) is 12.0. The quantitative estimate of drug-likeness (QED) is 0.346. The molecule has 0 atom stereocenters. The number of benzene rings is 3. The van der Waals surface area contributed by atoms with Crippen LogP contribution in [0.25, 0.3) is 42.5 Å². The van der Waals surface area contributed by atoms with E-state index in [2.05, 4.69) is 66.7 Å². The van der Waals surface area contributed by atoms with Gasteiger partial charge < -0.3 is 4.42 Å². The molecule has 2 heteroatoms. The van der Waals surface area contributed by atoms with Crippen LogP contribution in [0.15, 0.2) is 77.2 Å². The van der Waals surface area contributed by atoms with E-state index in [9.17, 15) is 0 Å². The Morgan fingerprint density at radius 2 is 1.50 bits per heavy atom. The summed E-state index contributed by atoms with van der Waals surface area (Å²) in [5, 5.41) is 2.41. The van der Waals surface area contributed by atoms with Crippen molar-refractivity contribution in [2.45, 2.75) is 0 Å². The fourth-order valence-electron chi connectivity index (χ4n) is 3.02. The normalized spacial score (nSPS) is 11.6. The van der Waals surface area contributed by atoms with Gasteiger partial charge in [-0.25, -0.2) is 0 Å². The molecule has 5 rings (SSSR count). The van der Waals surface area contributed by atoms with E-state index >= 15 is 0 Å². The zero-order valence-electron chi connectivity index (χ0n) is 11.7. The fraction of sp³-hybridized carbons (Fsp3) is 0. The van der Waals surface area contributed by atoms with Gasteiger partial charge in [0.1, 0.15) is 5.58 Å². The summed E-state index contributed by atoms with van der Waals surface area (Å²) in [7, 11) is 0. The highest BCUT2D eigenvalue weighted by molar-refractivity contribution is 7.26. The first-order valence-electron chi connectivity index (χ1n) is 7.29. The monoisotopic (exact) mass is 300 g/mol. The van der Waals surface area contributed by atoms with Crippen LogP contribution in [0.1, 0.15) is 0 Å². The summed E-state index contributed by atoms with van der Waals surface area (Å²) >= 11 is 1.81. The van der Waals surface area contributed by atoms with Crippen LogP contribution >= 0.6 is 11.3 Å². The molecule has 3 aromatic carbocycles. The molecule has 0 aliphatic rings. The minimum absolute atomic E-state index is 0.965. The summed E-state index contributed by atoms with van der Waals surface area (Å²) in [6, 6.07) is 25.4. The molecule has 1 nitrogen and oxygen atoms in total. The molecule has 0 amide bonds. The van der Waals surface area contributed by atoms with Crippen molar-refractivity contribution in [3.63, 3.8) is 0 Å². The molecule has 0 unspecified atom stereocenters. The first-order valence-corrected chi connectivity index (χ1v) is 8.11. The third kappa shape index (κ3) is 1.65. The second-order valence-electron chi connectivity index (χ2n) is 5.44. The number of hydrogen-bond donors (Lipinski definition) is 0. The van der Waals surface area contributed by atoms with Crippen molar-refractivity contribution in [1.82, 2.24) is 0 Å². The van der Waals surface area contributed by atoms with Crippen molar-refractivity contribution in [2.24, 2.45) is 0 Å². The highest BCUT2D eigenvalue weighted by atomic mass is 32.1. The Hall–Kier alpha value is -2.58.